The third kappa shape index (κ3) is 4.66. The first-order valence-electron chi connectivity index (χ1n) is 13.6. The van der Waals surface area contributed by atoms with Crippen LogP contribution in [0.4, 0.5) is 0 Å². The summed E-state index contributed by atoms with van der Waals surface area (Å²) in [4.78, 5) is 42.7. The smallest absolute Gasteiger partial charge is 0.246 e. The molecule has 8 heteroatoms. The molecule has 2 heterocycles. The molecule has 38 heavy (non-hydrogen) atoms. The Kier molecular flexibility index (Phi) is 6.94. The molecule has 2 aromatic carbocycles. The number of carbonyl (C=O) groups excluding carboxylic acids is 3. The number of aryl methyl sites for hydroxylation is 1. The molecule has 0 spiro atoms. The quantitative estimate of drug-likeness (QED) is 0.487. The molecule has 1 fully saturated rings. The molecule has 5 atom stereocenters. The molecule has 3 aliphatic rings. The fourth-order valence-corrected chi connectivity index (χ4v) is 6.55. The fourth-order valence-electron chi connectivity index (χ4n) is 6.55. The van der Waals surface area contributed by atoms with Gasteiger partial charge in [-0.3, -0.25) is 14.4 Å². The van der Waals surface area contributed by atoms with E-state index >= 15 is 0 Å². The molecule has 5 rings (SSSR count). The molecule has 202 valence electrons. The first-order valence-corrected chi connectivity index (χ1v) is 13.6. The van der Waals surface area contributed by atoms with Crippen molar-refractivity contribution in [3.05, 3.63) is 64.7 Å². The number of fused-ring (bicyclic) bond motifs is 4. The van der Waals surface area contributed by atoms with E-state index in [0.717, 1.165) is 36.0 Å². The van der Waals surface area contributed by atoms with Gasteiger partial charge < -0.3 is 26.0 Å². The zero-order chi connectivity index (χ0) is 27.2. The van der Waals surface area contributed by atoms with Gasteiger partial charge in [-0.2, -0.15) is 0 Å². The molecule has 3 amide bonds. The summed E-state index contributed by atoms with van der Waals surface area (Å²) < 4.78 is 0. The fraction of sp³-hybridized carbons (Fsp3) is 0.500. The van der Waals surface area contributed by atoms with Gasteiger partial charge in [-0.15, -0.1) is 0 Å². The summed E-state index contributed by atoms with van der Waals surface area (Å²) in [5.74, 6) is -0.600. The van der Waals surface area contributed by atoms with Gasteiger partial charge in [0, 0.05) is 6.42 Å². The number of hydrogen-bond donors (Lipinski definition) is 4. The van der Waals surface area contributed by atoms with Crippen LogP contribution >= 0.6 is 0 Å². The molecule has 1 aliphatic carbocycles. The van der Waals surface area contributed by atoms with E-state index in [2.05, 4.69) is 28.1 Å². The van der Waals surface area contributed by atoms with Crippen LogP contribution in [0.5, 0.6) is 5.75 Å². The van der Waals surface area contributed by atoms with Gasteiger partial charge in [-0.05, 0) is 79.5 Å². The van der Waals surface area contributed by atoms with Gasteiger partial charge in [0.2, 0.25) is 17.7 Å². The molecule has 0 radical (unpaired) electrons. The average Bonchev–Trinajstić information content (AvgIpc) is 3.14. The number of phenolic OH excluding ortho intramolecular Hbond substituents is 1. The Labute approximate surface area is 224 Å². The highest BCUT2D eigenvalue weighted by molar-refractivity contribution is 5.95. The van der Waals surface area contributed by atoms with Crippen molar-refractivity contribution in [1.29, 1.82) is 0 Å². The molecule has 8 nitrogen and oxygen atoms in total. The van der Waals surface area contributed by atoms with Crippen LogP contribution in [0.3, 0.4) is 0 Å². The number of benzene rings is 2. The van der Waals surface area contributed by atoms with Gasteiger partial charge in [0.15, 0.2) is 0 Å². The largest absolute Gasteiger partial charge is 0.508 e. The lowest BCUT2D eigenvalue weighted by Gasteiger charge is -2.36. The maximum absolute atomic E-state index is 14.2. The van der Waals surface area contributed by atoms with Crippen LogP contribution < -0.4 is 16.0 Å². The number of hydrogen-bond acceptors (Lipinski definition) is 5. The van der Waals surface area contributed by atoms with E-state index in [9.17, 15) is 19.5 Å². The maximum atomic E-state index is 14.2. The van der Waals surface area contributed by atoms with Gasteiger partial charge >= 0.3 is 0 Å². The second-order valence-electron chi connectivity index (χ2n) is 11.7. The van der Waals surface area contributed by atoms with E-state index in [4.69, 9.17) is 0 Å². The van der Waals surface area contributed by atoms with E-state index in [1.54, 1.807) is 31.0 Å². The first-order chi connectivity index (χ1) is 18.1. The van der Waals surface area contributed by atoms with Crippen LogP contribution in [0, 0.1) is 5.41 Å². The number of aromatic hydroxyl groups is 1. The van der Waals surface area contributed by atoms with Crippen molar-refractivity contribution in [3.8, 4) is 5.75 Å². The second-order valence-corrected chi connectivity index (χ2v) is 11.7. The van der Waals surface area contributed by atoms with Crippen molar-refractivity contribution in [2.45, 2.75) is 83.1 Å². The van der Waals surface area contributed by atoms with Gasteiger partial charge in [0.25, 0.3) is 0 Å². The van der Waals surface area contributed by atoms with E-state index in [1.165, 1.54) is 5.56 Å². The number of amides is 3. The summed E-state index contributed by atoms with van der Waals surface area (Å²) >= 11 is 0. The van der Waals surface area contributed by atoms with Crippen molar-refractivity contribution < 1.29 is 19.5 Å². The molecular weight excluding hydrogens is 480 g/mol. The van der Waals surface area contributed by atoms with Crippen LogP contribution in [0.1, 0.15) is 74.4 Å². The summed E-state index contributed by atoms with van der Waals surface area (Å²) in [5.41, 5.74) is 3.60. The minimum atomic E-state index is -0.814. The minimum Gasteiger partial charge on any atom is -0.508 e. The van der Waals surface area contributed by atoms with Crippen LogP contribution in [0.2, 0.25) is 0 Å². The highest BCUT2D eigenvalue weighted by atomic mass is 16.3. The van der Waals surface area contributed by atoms with Gasteiger partial charge in [-0.1, -0.05) is 44.2 Å². The molecule has 1 saturated heterocycles. The molecule has 2 aliphatic heterocycles. The van der Waals surface area contributed by atoms with E-state index < -0.39 is 23.5 Å². The molecule has 0 aromatic heterocycles. The molecule has 0 saturated carbocycles. The van der Waals surface area contributed by atoms with Crippen LogP contribution in [-0.4, -0.2) is 52.9 Å². The highest BCUT2D eigenvalue weighted by Crippen LogP contribution is 2.50. The Morgan fingerprint density at radius 3 is 2.58 bits per heavy atom. The van der Waals surface area contributed by atoms with Crippen LogP contribution in [-0.2, 0) is 27.2 Å². The summed E-state index contributed by atoms with van der Waals surface area (Å²) in [7, 11) is 1.69. The highest BCUT2D eigenvalue weighted by Gasteiger charge is 2.55. The Morgan fingerprint density at radius 1 is 1.05 bits per heavy atom. The minimum absolute atomic E-state index is 0.104. The predicted octanol–water partition coefficient (Wildman–Crippen LogP) is 2.90. The summed E-state index contributed by atoms with van der Waals surface area (Å²) in [5, 5.41) is 19.5. The van der Waals surface area contributed by atoms with Crippen molar-refractivity contribution in [2.24, 2.45) is 5.41 Å². The Hall–Kier alpha value is -3.39. The lowest BCUT2D eigenvalue weighted by Crippen LogP contribution is -2.57. The first kappa shape index (κ1) is 26.2. The molecule has 2 aromatic rings. The summed E-state index contributed by atoms with van der Waals surface area (Å²) in [6.45, 7) is 5.78. The normalized spacial score (nSPS) is 26.4. The third-order valence-corrected chi connectivity index (χ3v) is 8.62. The van der Waals surface area contributed by atoms with Crippen molar-refractivity contribution in [3.63, 3.8) is 0 Å². The third-order valence-electron chi connectivity index (χ3n) is 8.62. The van der Waals surface area contributed by atoms with E-state index in [0.29, 0.717) is 12.8 Å². The van der Waals surface area contributed by atoms with Crippen LogP contribution in [0.15, 0.2) is 42.5 Å². The molecular formula is C30H38N4O4. The lowest BCUT2D eigenvalue weighted by molar-refractivity contribution is -0.145. The van der Waals surface area contributed by atoms with Crippen molar-refractivity contribution in [2.75, 3.05) is 7.05 Å². The lowest BCUT2D eigenvalue weighted by atomic mass is 9.81. The zero-order valence-electron chi connectivity index (χ0n) is 22.6. The molecule has 0 bridgehead atoms. The number of carbonyl (C=O) groups is 3. The second kappa shape index (κ2) is 10.1. The predicted molar refractivity (Wildman–Crippen MR) is 144 cm³/mol. The summed E-state index contributed by atoms with van der Waals surface area (Å²) in [6, 6.07) is 10.9. The Morgan fingerprint density at radius 2 is 1.82 bits per heavy atom. The van der Waals surface area contributed by atoms with Gasteiger partial charge in [-0.25, -0.2) is 0 Å². The van der Waals surface area contributed by atoms with Crippen molar-refractivity contribution >= 4 is 17.7 Å². The van der Waals surface area contributed by atoms with Crippen LogP contribution in [0.25, 0.3) is 0 Å². The number of likely N-dealkylation sites (N-methyl/N-ethyl adjacent to an activating group) is 1. The average molecular weight is 519 g/mol. The number of phenols is 1. The Bertz CT molecular complexity index is 1260. The number of rotatable bonds is 5. The topological polar surface area (TPSA) is 111 Å². The molecule has 1 unspecified atom stereocenters. The summed E-state index contributed by atoms with van der Waals surface area (Å²) in [6.07, 6.45) is 3.71. The number of nitrogens with one attached hydrogen (secondary N) is 3. The van der Waals surface area contributed by atoms with Gasteiger partial charge in [0.05, 0.1) is 18.1 Å². The Balaban J connectivity index is 1.51. The SMILES string of the molecule is CN[C@@H](C)C(=O)N[C@H]1Cc2ccc(O)cc2[C@H]2CC(C)(C)C(C(=O)N[C@H]3CCCc4ccccc43)N2C1=O. The molecule has 4 N–H and O–H groups in total. The standard InChI is InChI=1S/C30H38N4O4/c1-17(31-4)27(36)33-24-14-19-12-13-20(35)15-22(19)25-16-30(2,3)26(34(25)29(24)38)28(37)32-23-11-7-9-18-8-5-6-10-21(18)23/h5-6,8,10,12-13,15,17,23-26,31,35H,7,9,11,14,16H2,1-4H3,(H,32,37)(H,33,36)/t17-,23-,24-,25+,26?/m0/s1. The number of nitrogens with zero attached hydrogens (tertiary/aromatic N) is 1. The van der Waals surface area contributed by atoms with Crippen molar-refractivity contribution in [1.82, 2.24) is 20.9 Å². The van der Waals surface area contributed by atoms with E-state index in [-0.39, 0.29) is 35.6 Å². The van der Waals surface area contributed by atoms with Gasteiger partial charge in [0.1, 0.15) is 17.8 Å². The maximum Gasteiger partial charge on any atom is 0.246 e. The zero-order valence-corrected chi connectivity index (χ0v) is 22.6. The van der Waals surface area contributed by atoms with E-state index in [1.807, 2.05) is 32.0 Å². The monoisotopic (exact) mass is 518 g/mol.